The zero-order valence-corrected chi connectivity index (χ0v) is 11.0. The number of nitrogens with zero attached hydrogens (tertiary/aromatic N) is 2. The molecule has 0 aliphatic heterocycles. The Bertz CT molecular complexity index is 703. The smallest absolute Gasteiger partial charge is 0.138 e. The normalized spacial score (nSPS) is 9.15. The minimum absolute atomic E-state index is 0.0701. The molecule has 3 heteroatoms. The van der Waals surface area contributed by atoms with E-state index in [4.69, 9.17) is 4.74 Å². The van der Waals surface area contributed by atoms with Gasteiger partial charge in [-0.2, -0.15) is 10.5 Å². The van der Waals surface area contributed by atoms with Crippen LogP contribution in [0.4, 0.5) is 0 Å². The molecule has 0 radical (unpaired) electrons. The highest BCUT2D eigenvalue weighted by Gasteiger charge is 2.15. The van der Waals surface area contributed by atoms with E-state index < -0.39 is 0 Å². The van der Waals surface area contributed by atoms with Crippen LogP contribution in [0.3, 0.4) is 0 Å². The number of hydrogen-bond donors (Lipinski definition) is 0. The van der Waals surface area contributed by atoms with Gasteiger partial charge in [-0.3, -0.25) is 0 Å². The molecule has 96 valence electrons. The third-order valence-corrected chi connectivity index (χ3v) is 2.91. The van der Waals surface area contributed by atoms with Crippen LogP contribution in [0.5, 0.6) is 5.75 Å². The van der Waals surface area contributed by atoms with E-state index in [0.717, 1.165) is 11.1 Å². The summed E-state index contributed by atoms with van der Waals surface area (Å²) in [7, 11) is 1.57. The lowest BCUT2D eigenvalue weighted by molar-refractivity contribution is 0.413. The molecule has 0 fully saturated rings. The summed E-state index contributed by atoms with van der Waals surface area (Å²) in [6, 6.07) is 20.7. The van der Waals surface area contributed by atoms with Crippen LogP contribution in [0.1, 0.15) is 11.1 Å². The van der Waals surface area contributed by atoms with E-state index in [-0.39, 0.29) is 5.57 Å². The molecule has 2 rings (SSSR count). The van der Waals surface area contributed by atoms with Crippen molar-refractivity contribution in [1.29, 1.82) is 10.5 Å². The predicted octanol–water partition coefficient (Wildman–Crippen LogP) is 3.54. The van der Waals surface area contributed by atoms with Crippen LogP contribution in [0.25, 0.3) is 5.57 Å². The topological polar surface area (TPSA) is 56.8 Å². The fraction of sp³-hybridized carbons (Fsp3) is 0.0588. The van der Waals surface area contributed by atoms with Gasteiger partial charge in [-0.25, -0.2) is 0 Å². The SMILES string of the molecule is COc1ccccc1C(=C(C#N)C#N)c1ccccc1. The van der Waals surface area contributed by atoms with Gasteiger partial charge >= 0.3 is 0 Å². The summed E-state index contributed by atoms with van der Waals surface area (Å²) >= 11 is 0. The Labute approximate surface area is 118 Å². The van der Waals surface area contributed by atoms with Crippen molar-refractivity contribution in [3.8, 4) is 17.9 Å². The Kier molecular flexibility index (Phi) is 4.17. The summed E-state index contributed by atoms with van der Waals surface area (Å²) in [4.78, 5) is 0. The Balaban J connectivity index is 2.77. The lowest BCUT2D eigenvalue weighted by Gasteiger charge is -2.12. The molecule has 2 aromatic rings. The molecule has 3 nitrogen and oxygen atoms in total. The number of methoxy groups -OCH3 is 1. The number of benzene rings is 2. The minimum Gasteiger partial charge on any atom is -0.496 e. The quantitative estimate of drug-likeness (QED) is 0.793. The molecule has 0 aliphatic carbocycles. The summed E-state index contributed by atoms with van der Waals surface area (Å²) in [6.07, 6.45) is 0. The Hall–Kier alpha value is -3.04. The van der Waals surface area contributed by atoms with Crippen LogP contribution in [0.15, 0.2) is 60.2 Å². The van der Waals surface area contributed by atoms with Gasteiger partial charge in [0, 0.05) is 11.1 Å². The molecular formula is C17H12N2O. The average Bonchev–Trinajstić information content (AvgIpc) is 2.53. The summed E-state index contributed by atoms with van der Waals surface area (Å²) in [6.45, 7) is 0. The molecule has 0 heterocycles. The predicted molar refractivity (Wildman–Crippen MR) is 76.7 cm³/mol. The number of para-hydroxylation sites is 1. The second-order valence-electron chi connectivity index (χ2n) is 4.04. The Morgan fingerprint density at radius 3 is 2.10 bits per heavy atom. The highest BCUT2D eigenvalue weighted by molar-refractivity contribution is 5.88. The second kappa shape index (κ2) is 6.22. The van der Waals surface area contributed by atoms with Crippen molar-refractivity contribution >= 4 is 5.57 Å². The van der Waals surface area contributed by atoms with Gasteiger partial charge in [-0.15, -0.1) is 0 Å². The maximum atomic E-state index is 9.21. The van der Waals surface area contributed by atoms with Crippen molar-refractivity contribution < 1.29 is 4.74 Å². The zero-order valence-electron chi connectivity index (χ0n) is 11.0. The number of rotatable bonds is 3. The molecule has 0 spiro atoms. The van der Waals surface area contributed by atoms with Gasteiger partial charge < -0.3 is 4.74 Å². The van der Waals surface area contributed by atoms with Crippen molar-refractivity contribution in [2.75, 3.05) is 7.11 Å². The van der Waals surface area contributed by atoms with E-state index in [1.807, 2.05) is 66.7 Å². The van der Waals surface area contributed by atoms with Gasteiger partial charge in [0.1, 0.15) is 23.5 Å². The summed E-state index contributed by atoms with van der Waals surface area (Å²) in [5.41, 5.74) is 2.21. The number of allylic oxidation sites excluding steroid dienone is 1. The fourth-order valence-corrected chi connectivity index (χ4v) is 2.03. The van der Waals surface area contributed by atoms with Crippen LogP contribution in [0, 0.1) is 22.7 Å². The van der Waals surface area contributed by atoms with Crippen LogP contribution in [-0.4, -0.2) is 7.11 Å². The lowest BCUT2D eigenvalue weighted by atomic mass is 9.93. The van der Waals surface area contributed by atoms with Crippen LogP contribution in [0.2, 0.25) is 0 Å². The minimum atomic E-state index is 0.0701. The third kappa shape index (κ3) is 2.53. The summed E-state index contributed by atoms with van der Waals surface area (Å²) in [5, 5.41) is 18.4. The maximum absolute atomic E-state index is 9.21. The Morgan fingerprint density at radius 1 is 0.900 bits per heavy atom. The second-order valence-corrected chi connectivity index (χ2v) is 4.04. The van der Waals surface area contributed by atoms with E-state index >= 15 is 0 Å². The number of nitriles is 2. The molecule has 0 bridgehead atoms. The van der Waals surface area contributed by atoms with Gasteiger partial charge in [0.25, 0.3) is 0 Å². The summed E-state index contributed by atoms with van der Waals surface area (Å²) in [5.74, 6) is 0.634. The highest BCUT2D eigenvalue weighted by Crippen LogP contribution is 2.32. The molecule has 0 unspecified atom stereocenters. The van der Waals surface area contributed by atoms with Crippen molar-refractivity contribution in [2.24, 2.45) is 0 Å². The van der Waals surface area contributed by atoms with Crippen LogP contribution in [-0.2, 0) is 0 Å². The van der Waals surface area contributed by atoms with Gasteiger partial charge in [-0.1, -0.05) is 48.5 Å². The van der Waals surface area contributed by atoms with Gasteiger partial charge in [-0.05, 0) is 11.6 Å². The monoisotopic (exact) mass is 260 g/mol. The first-order chi connectivity index (χ1) is 9.81. The third-order valence-electron chi connectivity index (χ3n) is 2.91. The molecule has 0 amide bonds. The van der Waals surface area contributed by atoms with Crippen molar-refractivity contribution in [1.82, 2.24) is 0 Å². The Morgan fingerprint density at radius 2 is 1.50 bits per heavy atom. The van der Waals surface area contributed by atoms with E-state index in [1.54, 1.807) is 7.11 Å². The van der Waals surface area contributed by atoms with Crippen LogP contribution < -0.4 is 4.74 Å². The molecule has 20 heavy (non-hydrogen) atoms. The standard InChI is InChI=1S/C17H12N2O/c1-20-16-10-6-5-9-15(16)17(14(11-18)12-19)13-7-3-2-4-8-13/h2-10H,1H3. The highest BCUT2D eigenvalue weighted by atomic mass is 16.5. The molecule has 0 atom stereocenters. The molecule has 2 aromatic carbocycles. The molecule has 0 aliphatic rings. The van der Waals surface area contributed by atoms with Gasteiger partial charge in [0.2, 0.25) is 0 Å². The molecule has 0 saturated carbocycles. The van der Waals surface area contributed by atoms with Gasteiger partial charge in [0.05, 0.1) is 7.11 Å². The van der Waals surface area contributed by atoms with Gasteiger partial charge in [0.15, 0.2) is 0 Å². The first-order valence-corrected chi connectivity index (χ1v) is 6.05. The van der Waals surface area contributed by atoms with E-state index in [9.17, 15) is 10.5 Å². The molecule has 0 aromatic heterocycles. The molecule has 0 N–H and O–H groups in total. The van der Waals surface area contributed by atoms with E-state index in [0.29, 0.717) is 11.3 Å². The number of hydrogen-bond acceptors (Lipinski definition) is 3. The van der Waals surface area contributed by atoms with E-state index in [1.165, 1.54) is 0 Å². The number of ether oxygens (including phenoxy) is 1. The largest absolute Gasteiger partial charge is 0.496 e. The average molecular weight is 260 g/mol. The fourth-order valence-electron chi connectivity index (χ4n) is 2.03. The molecular weight excluding hydrogens is 248 g/mol. The van der Waals surface area contributed by atoms with E-state index in [2.05, 4.69) is 0 Å². The first-order valence-electron chi connectivity index (χ1n) is 6.05. The maximum Gasteiger partial charge on any atom is 0.138 e. The molecule has 0 saturated heterocycles. The van der Waals surface area contributed by atoms with Crippen molar-refractivity contribution in [2.45, 2.75) is 0 Å². The first kappa shape index (κ1) is 13.4. The van der Waals surface area contributed by atoms with Crippen molar-refractivity contribution in [3.63, 3.8) is 0 Å². The van der Waals surface area contributed by atoms with Crippen molar-refractivity contribution in [3.05, 3.63) is 71.3 Å². The lowest BCUT2D eigenvalue weighted by Crippen LogP contribution is -1.96. The zero-order chi connectivity index (χ0) is 14.4. The van der Waals surface area contributed by atoms with Crippen LogP contribution >= 0.6 is 0 Å². The summed E-state index contributed by atoms with van der Waals surface area (Å²) < 4.78 is 5.33.